The summed E-state index contributed by atoms with van der Waals surface area (Å²) in [5.41, 5.74) is 5.77. The van der Waals surface area contributed by atoms with Crippen molar-refractivity contribution in [1.82, 2.24) is 10.2 Å². The third kappa shape index (κ3) is 3.93. The largest absolute Gasteiger partial charge is 0.352 e. The van der Waals surface area contributed by atoms with Crippen LogP contribution in [0.25, 0.3) is 0 Å². The average Bonchev–Trinajstić information content (AvgIpc) is 2.92. The lowest BCUT2D eigenvalue weighted by Crippen LogP contribution is -2.43. The molecule has 2 unspecified atom stereocenters. The molecule has 0 aromatic heterocycles. The maximum absolute atomic E-state index is 12.2. The predicted molar refractivity (Wildman–Crippen MR) is 77.8 cm³/mol. The lowest BCUT2D eigenvalue weighted by atomic mass is 9.93. The third-order valence-electron chi connectivity index (χ3n) is 4.56. The lowest BCUT2D eigenvalue weighted by Gasteiger charge is -2.23. The Morgan fingerprint density at radius 2 is 2.16 bits per heavy atom. The number of hydrogen-bond acceptors (Lipinski definition) is 3. The molecule has 0 aromatic carbocycles. The first-order valence-corrected chi connectivity index (χ1v) is 7.83. The topological polar surface area (TPSA) is 58.4 Å². The number of carbonyl (C=O) groups excluding carboxylic acids is 1. The van der Waals surface area contributed by atoms with E-state index >= 15 is 0 Å². The van der Waals surface area contributed by atoms with Crippen LogP contribution in [-0.2, 0) is 4.79 Å². The Labute approximate surface area is 117 Å². The Hall–Kier alpha value is -0.610. The van der Waals surface area contributed by atoms with E-state index in [2.05, 4.69) is 24.1 Å². The van der Waals surface area contributed by atoms with Crippen LogP contribution in [0, 0.1) is 11.8 Å². The zero-order valence-corrected chi connectivity index (χ0v) is 12.4. The van der Waals surface area contributed by atoms with Crippen molar-refractivity contribution in [2.45, 2.75) is 58.0 Å². The normalized spacial score (nSPS) is 28.6. The first-order chi connectivity index (χ1) is 9.10. The Morgan fingerprint density at radius 3 is 2.84 bits per heavy atom. The Bertz CT molecular complexity index is 306. The number of nitrogens with zero attached hydrogens (tertiary/aromatic N) is 1. The SMILES string of the molecule is CC(C)C[C@H](CN)CC(=O)NC1CCN2CCCC12. The van der Waals surface area contributed by atoms with E-state index in [0.29, 0.717) is 36.9 Å². The lowest BCUT2D eigenvalue weighted by molar-refractivity contribution is -0.122. The van der Waals surface area contributed by atoms with Gasteiger partial charge in [0.2, 0.25) is 5.91 Å². The van der Waals surface area contributed by atoms with Gasteiger partial charge in [0.15, 0.2) is 0 Å². The second kappa shape index (κ2) is 6.71. The summed E-state index contributed by atoms with van der Waals surface area (Å²) in [4.78, 5) is 14.7. The van der Waals surface area contributed by atoms with Crippen molar-refractivity contribution in [2.24, 2.45) is 17.6 Å². The van der Waals surface area contributed by atoms with Crippen LogP contribution >= 0.6 is 0 Å². The average molecular weight is 267 g/mol. The van der Waals surface area contributed by atoms with Crippen molar-refractivity contribution in [1.29, 1.82) is 0 Å². The molecular formula is C15H29N3O. The van der Waals surface area contributed by atoms with Crippen LogP contribution in [0.1, 0.15) is 46.0 Å². The summed E-state index contributed by atoms with van der Waals surface area (Å²) >= 11 is 0. The summed E-state index contributed by atoms with van der Waals surface area (Å²) in [6.45, 7) is 7.37. The summed E-state index contributed by atoms with van der Waals surface area (Å²) < 4.78 is 0. The van der Waals surface area contributed by atoms with E-state index in [9.17, 15) is 4.79 Å². The molecule has 2 aliphatic rings. The van der Waals surface area contributed by atoms with Gasteiger partial charge in [0.1, 0.15) is 0 Å². The molecule has 2 saturated heterocycles. The molecule has 4 heteroatoms. The van der Waals surface area contributed by atoms with Gasteiger partial charge in [0, 0.05) is 25.0 Å². The van der Waals surface area contributed by atoms with Crippen molar-refractivity contribution in [2.75, 3.05) is 19.6 Å². The molecule has 110 valence electrons. The summed E-state index contributed by atoms with van der Waals surface area (Å²) in [5.74, 6) is 1.15. The molecule has 3 atom stereocenters. The second-order valence-electron chi connectivity index (χ2n) is 6.64. The van der Waals surface area contributed by atoms with E-state index in [-0.39, 0.29) is 5.91 Å². The summed E-state index contributed by atoms with van der Waals surface area (Å²) in [6, 6.07) is 0.984. The highest BCUT2D eigenvalue weighted by Gasteiger charge is 2.37. The number of rotatable bonds is 6. The summed E-state index contributed by atoms with van der Waals surface area (Å²) in [7, 11) is 0. The minimum atomic E-state index is 0.204. The van der Waals surface area contributed by atoms with Crippen LogP contribution in [0.4, 0.5) is 0 Å². The zero-order valence-electron chi connectivity index (χ0n) is 12.4. The molecule has 2 rings (SSSR count). The number of nitrogens with two attached hydrogens (primary N) is 1. The maximum atomic E-state index is 12.2. The fourth-order valence-electron chi connectivity index (χ4n) is 3.71. The molecule has 2 heterocycles. The van der Waals surface area contributed by atoms with Crippen LogP contribution in [0.15, 0.2) is 0 Å². The fraction of sp³-hybridized carbons (Fsp3) is 0.933. The minimum Gasteiger partial charge on any atom is -0.352 e. The molecule has 0 aliphatic carbocycles. The van der Waals surface area contributed by atoms with E-state index < -0.39 is 0 Å². The maximum Gasteiger partial charge on any atom is 0.220 e. The van der Waals surface area contributed by atoms with Crippen LogP contribution in [0.2, 0.25) is 0 Å². The number of carbonyl (C=O) groups is 1. The number of amides is 1. The number of hydrogen-bond donors (Lipinski definition) is 2. The third-order valence-corrected chi connectivity index (χ3v) is 4.56. The highest BCUT2D eigenvalue weighted by molar-refractivity contribution is 5.76. The monoisotopic (exact) mass is 267 g/mol. The van der Waals surface area contributed by atoms with Gasteiger partial charge in [-0.15, -0.1) is 0 Å². The van der Waals surface area contributed by atoms with Crippen molar-refractivity contribution in [3.63, 3.8) is 0 Å². The Morgan fingerprint density at radius 1 is 1.37 bits per heavy atom. The summed E-state index contributed by atoms with van der Waals surface area (Å²) in [6.07, 6.45) is 5.29. The van der Waals surface area contributed by atoms with Crippen molar-refractivity contribution in [3.8, 4) is 0 Å². The molecule has 2 fully saturated rings. The van der Waals surface area contributed by atoms with Gasteiger partial charge >= 0.3 is 0 Å². The molecule has 0 spiro atoms. The van der Waals surface area contributed by atoms with E-state index in [0.717, 1.165) is 19.4 Å². The minimum absolute atomic E-state index is 0.204. The van der Waals surface area contributed by atoms with Gasteiger partial charge in [0.05, 0.1) is 0 Å². The van der Waals surface area contributed by atoms with Gasteiger partial charge < -0.3 is 11.1 Å². The van der Waals surface area contributed by atoms with Crippen LogP contribution < -0.4 is 11.1 Å². The van der Waals surface area contributed by atoms with E-state index in [1.807, 2.05) is 0 Å². The molecule has 0 radical (unpaired) electrons. The van der Waals surface area contributed by atoms with Crippen molar-refractivity contribution in [3.05, 3.63) is 0 Å². The standard InChI is InChI=1S/C15H29N3O/c1-11(2)8-12(10-16)9-15(19)17-13-5-7-18-6-3-4-14(13)18/h11-14H,3-10,16H2,1-2H3,(H,17,19)/t12-,13?,14?/m0/s1. The molecular weight excluding hydrogens is 238 g/mol. The van der Waals surface area contributed by atoms with Gasteiger partial charge in [-0.25, -0.2) is 0 Å². The Balaban J connectivity index is 1.77. The summed E-state index contributed by atoms with van der Waals surface area (Å²) in [5, 5.41) is 3.25. The van der Waals surface area contributed by atoms with Crippen molar-refractivity contribution >= 4 is 5.91 Å². The van der Waals surface area contributed by atoms with Crippen LogP contribution in [0.5, 0.6) is 0 Å². The molecule has 4 nitrogen and oxygen atoms in total. The van der Waals surface area contributed by atoms with Crippen LogP contribution in [-0.4, -0.2) is 42.5 Å². The van der Waals surface area contributed by atoms with E-state index in [1.165, 1.54) is 19.4 Å². The number of nitrogens with one attached hydrogen (secondary N) is 1. The Kier molecular flexibility index (Phi) is 5.22. The van der Waals surface area contributed by atoms with Crippen LogP contribution in [0.3, 0.4) is 0 Å². The quantitative estimate of drug-likeness (QED) is 0.764. The molecule has 0 bridgehead atoms. The second-order valence-corrected chi connectivity index (χ2v) is 6.64. The van der Waals surface area contributed by atoms with E-state index in [1.54, 1.807) is 0 Å². The van der Waals surface area contributed by atoms with Crippen molar-refractivity contribution < 1.29 is 4.79 Å². The first-order valence-electron chi connectivity index (χ1n) is 7.83. The zero-order chi connectivity index (χ0) is 13.8. The van der Waals surface area contributed by atoms with E-state index in [4.69, 9.17) is 5.73 Å². The predicted octanol–water partition coefficient (Wildman–Crippen LogP) is 1.35. The highest BCUT2D eigenvalue weighted by atomic mass is 16.1. The van der Waals surface area contributed by atoms with Gasteiger partial charge in [-0.05, 0) is 50.6 Å². The van der Waals surface area contributed by atoms with Gasteiger partial charge in [-0.2, -0.15) is 0 Å². The number of fused-ring (bicyclic) bond motifs is 1. The fourth-order valence-corrected chi connectivity index (χ4v) is 3.71. The molecule has 1 amide bonds. The molecule has 0 aromatic rings. The van der Waals surface area contributed by atoms with Gasteiger partial charge in [-0.3, -0.25) is 9.69 Å². The van der Waals surface area contributed by atoms with Gasteiger partial charge in [0.25, 0.3) is 0 Å². The molecule has 3 N–H and O–H groups in total. The smallest absolute Gasteiger partial charge is 0.220 e. The first kappa shape index (κ1) is 14.8. The molecule has 2 aliphatic heterocycles. The molecule has 0 saturated carbocycles. The highest BCUT2D eigenvalue weighted by Crippen LogP contribution is 2.28. The molecule has 19 heavy (non-hydrogen) atoms. The van der Waals surface area contributed by atoms with Gasteiger partial charge in [-0.1, -0.05) is 13.8 Å².